The zero-order valence-corrected chi connectivity index (χ0v) is 36.3. The first-order chi connectivity index (χ1) is 28.3. The van der Waals surface area contributed by atoms with Gasteiger partial charge in [0.2, 0.25) is 5.91 Å². The van der Waals surface area contributed by atoms with Crippen LogP contribution in [0.3, 0.4) is 0 Å². The second-order valence-electron chi connectivity index (χ2n) is 15.5. The molecule has 1 heterocycles. The fourth-order valence-electron chi connectivity index (χ4n) is 6.61. The highest BCUT2D eigenvalue weighted by molar-refractivity contribution is 5.76. The summed E-state index contributed by atoms with van der Waals surface area (Å²) in [6, 6.07) is -0.732. The number of aliphatic hydroxyl groups is 5. The van der Waals surface area contributed by atoms with E-state index in [-0.39, 0.29) is 12.5 Å². The lowest BCUT2D eigenvalue weighted by Crippen LogP contribution is -2.60. The highest BCUT2D eigenvalue weighted by Gasteiger charge is 2.44. The number of unbranched alkanes of at least 4 members (excludes halogenated alkanes) is 12. The standard InChI is InChI=1S/C49H83NO8/c1-3-5-7-9-11-13-14-15-16-17-18-19-20-21-22-23-24-25-26-27-28-29-30-31-33-35-37-39-45(53)50-42(43(52)38-36-34-32-12-10-8-6-4-2)41-57-49-48(56)47(55)46(54)44(40-51)58-49/h5,7,11,13,15-16,18-19,21-22,24-25,27-28,42-44,46-49,51-52,54-56H,3-4,6,8-10,12,14,17,20,23,26,29-41H2,1-2H3,(H,50,53)/b7-5-,13-11-,16-15-,19-18-,22-21-,25-24-,28-27-. The van der Waals surface area contributed by atoms with E-state index >= 15 is 0 Å². The molecule has 7 atom stereocenters. The molecule has 9 nitrogen and oxygen atoms in total. The Morgan fingerprint density at radius 3 is 1.59 bits per heavy atom. The number of amides is 1. The second-order valence-corrected chi connectivity index (χ2v) is 15.5. The Labute approximate surface area is 352 Å². The summed E-state index contributed by atoms with van der Waals surface area (Å²) in [6.07, 6.45) is 46.1. The van der Waals surface area contributed by atoms with Gasteiger partial charge in [-0.05, 0) is 70.6 Å². The smallest absolute Gasteiger partial charge is 0.220 e. The minimum atomic E-state index is -1.56. The third-order valence-corrected chi connectivity index (χ3v) is 10.3. The Hall–Kier alpha value is -2.63. The number of rotatable bonds is 36. The predicted molar refractivity (Wildman–Crippen MR) is 239 cm³/mol. The molecule has 0 aromatic carbocycles. The molecule has 6 N–H and O–H groups in total. The van der Waals surface area contributed by atoms with Gasteiger partial charge in [0, 0.05) is 6.42 Å². The zero-order valence-electron chi connectivity index (χ0n) is 36.3. The fraction of sp³-hybridized carbons (Fsp3) is 0.694. The van der Waals surface area contributed by atoms with Crippen LogP contribution in [0.2, 0.25) is 0 Å². The molecule has 1 amide bonds. The number of carbonyl (C=O) groups excluding carboxylic acids is 1. The zero-order chi connectivity index (χ0) is 42.3. The van der Waals surface area contributed by atoms with E-state index in [2.05, 4.69) is 104 Å². The van der Waals surface area contributed by atoms with Crippen LogP contribution in [0.15, 0.2) is 85.1 Å². The molecule has 7 unspecified atom stereocenters. The molecule has 1 aliphatic heterocycles. The predicted octanol–water partition coefficient (Wildman–Crippen LogP) is 9.55. The number of aliphatic hydroxyl groups excluding tert-OH is 5. The Morgan fingerprint density at radius 1 is 0.603 bits per heavy atom. The maximum Gasteiger partial charge on any atom is 0.220 e. The molecule has 0 radical (unpaired) electrons. The third-order valence-electron chi connectivity index (χ3n) is 10.3. The van der Waals surface area contributed by atoms with Gasteiger partial charge in [-0.1, -0.05) is 170 Å². The largest absolute Gasteiger partial charge is 0.394 e. The van der Waals surface area contributed by atoms with Crippen LogP contribution in [-0.4, -0.2) is 87.5 Å². The molecule has 9 heteroatoms. The molecular weight excluding hydrogens is 731 g/mol. The minimum absolute atomic E-state index is 0.153. The van der Waals surface area contributed by atoms with Crippen molar-refractivity contribution < 1.29 is 39.8 Å². The summed E-state index contributed by atoms with van der Waals surface area (Å²) in [7, 11) is 0. The minimum Gasteiger partial charge on any atom is -0.394 e. The molecule has 58 heavy (non-hydrogen) atoms. The molecule has 0 saturated carbocycles. The molecule has 1 rings (SSSR count). The van der Waals surface area contributed by atoms with Crippen molar-refractivity contribution in [3.63, 3.8) is 0 Å². The number of carbonyl (C=O) groups is 1. The third kappa shape index (κ3) is 28.7. The van der Waals surface area contributed by atoms with Crippen molar-refractivity contribution in [3.05, 3.63) is 85.1 Å². The molecule has 0 aromatic heterocycles. The summed E-state index contributed by atoms with van der Waals surface area (Å²) in [5.74, 6) is -0.172. The van der Waals surface area contributed by atoms with E-state index in [1.807, 2.05) is 0 Å². The molecule has 1 saturated heterocycles. The van der Waals surface area contributed by atoms with Crippen molar-refractivity contribution in [1.82, 2.24) is 5.32 Å². The van der Waals surface area contributed by atoms with E-state index in [1.54, 1.807) is 0 Å². The molecule has 1 fully saturated rings. The van der Waals surface area contributed by atoms with Gasteiger partial charge < -0.3 is 40.3 Å². The number of ether oxygens (including phenoxy) is 2. The number of hydrogen-bond acceptors (Lipinski definition) is 8. The van der Waals surface area contributed by atoms with Crippen molar-refractivity contribution in [2.75, 3.05) is 13.2 Å². The molecule has 0 bridgehead atoms. The Balaban J connectivity index is 2.25. The van der Waals surface area contributed by atoms with Gasteiger partial charge in [-0.25, -0.2) is 0 Å². The van der Waals surface area contributed by atoms with Crippen LogP contribution >= 0.6 is 0 Å². The Morgan fingerprint density at radius 2 is 1.07 bits per heavy atom. The number of hydrogen-bond donors (Lipinski definition) is 6. The van der Waals surface area contributed by atoms with E-state index in [0.717, 1.165) is 103 Å². The normalized spacial score (nSPS) is 21.7. The lowest BCUT2D eigenvalue weighted by Gasteiger charge is -2.40. The van der Waals surface area contributed by atoms with E-state index in [9.17, 15) is 30.3 Å². The van der Waals surface area contributed by atoms with Gasteiger partial charge >= 0.3 is 0 Å². The lowest BCUT2D eigenvalue weighted by atomic mass is 9.99. The first-order valence-electron chi connectivity index (χ1n) is 22.8. The van der Waals surface area contributed by atoms with Crippen LogP contribution in [0.4, 0.5) is 0 Å². The van der Waals surface area contributed by atoms with Crippen LogP contribution in [0.25, 0.3) is 0 Å². The van der Waals surface area contributed by atoms with E-state index < -0.39 is 49.5 Å². The van der Waals surface area contributed by atoms with Crippen molar-refractivity contribution >= 4 is 5.91 Å². The summed E-state index contributed by atoms with van der Waals surface area (Å²) >= 11 is 0. The molecule has 1 aliphatic rings. The Kier molecular flexibility index (Phi) is 35.5. The number of nitrogens with one attached hydrogen (secondary N) is 1. The quantitative estimate of drug-likeness (QED) is 0.0271. The highest BCUT2D eigenvalue weighted by atomic mass is 16.7. The van der Waals surface area contributed by atoms with Gasteiger partial charge in [0.05, 0.1) is 25.4 Å². The summed E-state index contributed by atoms with van der Waals surface area (Å²) < 4.78 is 11.2. The second kappa shape index (κ2) is 38.6. The van der Waals surface area contributed by atoms with Gasteiger partial charge in [-0.2, -0.15) is 0 Å². The van der Waals surface area contributed by atoms with Crippen LogP contribution in [0.5, 0.6) is 0 Å². The van der Waals surface area contributed by atoms with Gasteiger partial charge in [0.15, 0.2) is 6.29 Å². The SMILES string of the molecule is CC/C=C\C/C=C\C/C=C\C/C=C\C/C=C\C/C=C\C/C=C\CCCCCCCC(=O)NC(COC1OC(CO)C(O)C(O)C1O)C(O)CCCCCCCCCC. The first kappa shape index (κ1) is 53.4. The summed E-state index contributed by atoms with van der Waals surface area (Å²) in [5, 5.41) is 54.1. The summed E-state index contributed by atoms with van der Waals surface area (Å²) in [6.45, 7) is 3.64. The topological polar surface area (TPSA) is 149 Å². The van der Waals surface area contributed by atoms with Crippen LogP contribution in [-0.2, 0) is 14.3 Å². The van der Waals surface area contributed by atoms with Gasteiger partial charge in [0.1, 0.15) is 24.4 Å². The van der Waals surface area contributed by atoms with Gasteiger partial charge in [-0.3, -0.25) is 4.79 Å². The monoisotopic (exact) mass is 814 g/mol. The first-order valence-corrected chi connectivity index (χ1v) is 22.8. The molecule has 332 valence electrons. The van der Waals surface area contributed by atoms with E-state index in [1.165, 1.54) is 32.1 Å². The van der Waals surface area contributed by atoms with Crippen LogP contribution in [0, 0.1) is 0 Å². The van der Waals surface area contributed by atoms with Crippen molar-refractivity contribution in [2.24, 2.45) is 0 Å². The molecule has 0 aromatic rings. The lowest BCUT2D eigenvalue weighted by molar-refractivity contribution is -0.302. The van der Waals surface area contributed by atoms with Crippen LogP contribution in [0.1, 0.15) is 162 Å². The maximum atomic E-state index is 12.9. The average molecular weight is 814 g/mol. The fourth-order valence-corrected chi connectivity index (χ4v) is 6.61. The number of allylic oxidation sites excluding steroid dienone is 14. The van der Waals surface area contributed by atoms with E-state index in [0.29, 0.717) is 12.8 Å². The summed E-state index contributed by atoms with van der Waals surface area (Å²) in [5.41, 5.74) is 0. The molecule has 0 spiro atoms. The molecular formula is C49H83NO8. The Bertz CT molecular complexity index is 1180. The summed E-state index contributed by atoms with van der Waals surface area (Å²) in [4.78, 5) is 12.9. The maximum absolute atomic E-state index is 12.9. The van der Waals surface area contributed by atoms with Gasteiger partial charge in [-0.15, -0.1) is 0 Å². The van der Waals surface area contributed by atoms with Gasteiger partial charge in [0.25, 0.3) is 0 Å². The average Bonchev–Trinajstić information content (AvgIpc) is 3.22. The molecule has 0 aliphatic carbocycles. The van der Waals surface area contributed by atoms with Crippen molar-refractivity contribution in [2.45, 2.75) is 204 Å². The van der Waals surface area contributed by atoms with Crippen LogP contribution < -0.4 is 5.32 Å². The van der Waals surface area contributed by atoms with E-state index in [4.69, 9.17) is 9.47 Å². The van der Waals surface area contributed by atoms with Crippen molar-refractivity contribution in [1.29, 1.82) is 0 Å². The van der Waals surface area contributed by atoms with Crippen molar-refractivity contribution in [3.8, 4) is 0 Å². The highest BCUT2D eigenvalue weighted by Crippen LogP contribution is 2.23.